The summed E-state index contributed by atoms with van der Waals surface area (Å²) in [6, 6.07) is 87.8. The Labute approximate surface area is 350 Å². The summed E-state index contributed by atoms with van der Waals surface area (Å²) >= 11 is 0. The summed E-state index contributed by atoms with van der Waals surface area (Å²) in [6.07, 6.45) is 0. The highest BCUT2D eigenvalue weighted by Gasteiger charge is 2.16. The lowest BCUT2D eigenvalue weighted by Gasteiger charge is -2.26. The van der Waals surface area contributed by atoms with Crippen LogP contribution in [0.2, 0.25) is 0 Å². The molecule has 11 aromatic rings. The maximum atomic E-state index is 2.40. The molecule has 0 aliphatic heterocycles. The summed E-state index contributed by atoms with van der Waals surface area (Å²) in [6.45, 7) is 0. The Morgan fingerprint density at radius 2 is 0.683 bits per heavy atom. The molecule has 0 fully saturated rings. The highest BCUT2D eigenvalue weighted by atomic mass is 15.1. The van der Waals surface area contributed by atoms with Crippen molar-refractivity contribution in [1.82, 2.24) is 4.57 Å². The number of rotatable bonds is 8. The second-order valence-corrected chi connectivity index (χ2v) is 15.4. The van der Waals surface area contributed by atoms with Crippen LogP contribution in [0.1, 0.15) is 0 Å². The van der Waals surface area contributed by atoms with Crippen molar-refractivity contribution in [2.75, 3.05) is 4.90 Å². The van der Waals surface area contributed by atoms with Crippen molar-refractivity contribution in [1.29, 1.82) is 0 Å². The van der Waals surface area contributed by atoms with Gasteiger partial charge in [0, 0.05) is 33.5 Å². The van der Waals surface area contributed by atoms with E-state index < -0.39 is 0 Å². The Morgan fingerprint density at radius 1 is 0.250 bits per heavy atom. The first-order valence-corrected chi connectivity index (χ1v) is 20.6. The molecule has 0 saturated heterocycles. The molecular weight excluding hydrogens is 725 g/mol. The third-order valence-corrected chi connectivity index (χ3v) is 11.8. The van der Waals surface area contributed by atoms with Crippen molar-refractivity contribution in [2.24, 2.45) is 0 Å². The van der Waals surface area contributed by atoms with Crippen LogP contribution < -0.4 is 4.90 Å². The van der Waals surface area contributed by atoms with Crippen molar-refractivity contribution >= 4 is 49.6 Å². The smallest absolute Gasteiger partial charge is 0.0547 e. The SMILES string of the molecule is c1ccc(-c2ccc(-c3ccc(N(c4ccc(-c5ccccc5)cc4)c4cccc(-c5ccc(-n6c7ccccc7c7cc8ccccc8cc76)cc5)c4)cc3)cc2)cc1. The van der Waals surface area contributed by atoms with E-state index in [1.54, 1.807) is 0 Å². The maximum Gasteiger partial charge on any atom is 0.0547 e. The zero-order valence-corrected chi connectivity index (χ0v) is 33.0. The Kier molecular flexibility index (Phi) is 8.87. The molecule has 10 aromatic carbocycles. The van der Waals surface area contributed by atoms with E-state index in [9.17, 15) is 0 Å². The monoisotopic (exact) mass is 764 g/mol. The molecule has 0 aliphatic carbocycles. The summed E-state index contributed by atoms with van der Waals surface area (Å²) in [4.78, 5) is 2.36. The molecule has 11 rings (SSSR count). The molecule has 0 spiro atoms. The Hall–Kier alpha value is -7.94. The molecule has 1 heterocycles. The second kappa shape index (κ2) is 15.1. The number of aromatic nitrogens is 1. The zero-order chi connectivity index (χ0) is 39.8. The van der Waals surface area contributed by atoms with Gasteiger partial charge in [0.15, 0.2) is 0 Å². The molecule has 0 saturated carbocycles. The summed E-state index contributed by atoms with van der Waals surface area (Å²) in [5, 5.41) is 5.04. The van der Waals surface area contributed by atoms with Crippen LogP contribution in [0.3, 0.4) is 0 Å². The first-order valence-electron chi connectivity index (χ1n) is 20.6. The summed E-state index contributed by atoms with van der Waals surface area (Å²) in [5.74, 6) is 0. The van der Waals surface area contributed by atoms with Crippen molar-refractivity contribution < 1.29 is 0 Å². The fourth-order valence-electron chi connectivity index (χ4n) is 8.73. The van der Waals surface area contributed by atoms with Gasteiger partial charge in [0.05, 0.1) is 11.0 Å². The number of anilines is 3. The summed E-state index contributed by atoms with van der Waals surface area (Å²) in [5.41, 5.74) is 16.4. The highest BCUT2D eigenvalue weighted by Crippen LogP contribution is 2.40. The van der Waals surface area contributed by atoms with Crippen molar-refractivity contribution in [3.8, 4) is 50.2 Å². The molecular formula is C58H40N2. The molecule has 0 atom stereocenters. The van der Waals surface area contributed by atoms with E-state index >= 15 is 0 Å². The minimum absolute atomic E-state index is 1.10. The fourth-order valence-corrected chi connectivity index (χ4v) is 8.73. The first kappa shape index (κ1) is 35.2. The van der Waals surface area contributed by atoms with Gasteiger partial charge in [-0.1, -0.05) is 176 Å². The van der Waals surface area contributed by atoms with Gasteiger partial charge in [-0.3, -0.25) is 0 Å². The Balaban J connectivity index is 0.952. The number of nitrogens with zero attached hydrogens (tertiary/aromatic N) is 2. The molecule has 0 aliphatic rings. The predicted octanol–water partition coefficient (Wildman–Crippen LogP) is 16.1. The number of benzene rings is 10. The van der Waals surface area contributed by atoms with E-state index in [0.717, 1.165) is 28.3 Å². The Morgan fingerprint density at radius 3 is 1.27 bits per heavy atom. The van der Waals surface area contributed by atoms with E-state index in [2.05, 4.69) is 252 Å². The fraction of sp³-hybridized carbons (Fsp3) is 0. The van der Waals surface area contributed by atoms with Crippen LogP contribution in [0, 0.1) is 0 Å². The van der Waals surface area contributed by atoms with Gasteiger partial charge in [-0.05, 0) is 122 Å². The molecule has 2 heteroatoms. The third kappa shape index (κ3) is 6.51. The van der Waals surface area contributed by atoms with Crippen molar-refractivity contribution in [3.63, 3.8) is 0 Å². The van der Waals surface area contributed by atoms with Crippen LogP contribution in [-0.2, 0) is 0 Å². The third-order valence-electron chi connectivity index (χ3n) is 11.8. The molecule has 2 nitrogen and oxygen atoms in total. The van der Waals surface area contributed by atoms with E-state index in [-0.39, 0.29) is 0 Å². The average molecular weight is 765 g/mol. The largest absolute Gasteiger partial charge is 0.310 e. The molecule has 60 heavy (non-hydrogen) atoms. The lowest BCUT2D eigenvalue weighted by molar-refractivity contribution is 1.18. The van der Waals surface area contributed by atoms with Gasteiger partial charge in [0.2, 0.25) is 0 Å². The topological polar surface area (TPSA) is 8.17 Å². The van der Waals surface area contributed by atoms with Crippen LogP contribution in [0.15, 0.2) is 243 Å². The molecule has 0 amide bonds. The van der Waals surface area contributed by atoms with Gasteiger partial charge in [0.1, 0.15) is 0 Å². The van der Waals surface area contributed by atoms with E-state index in [1.807, 2.05) is 0 Å². The van der Waals surface area contributed by atoms with Crippen LogP contribution in [0.4, 0.5) is 17.1 Å². The van der Waals surface area contributed by atoms with Crippen LogP contribution in [0.5, 0.6) is 0 Å². The Bertz CT molecular complexity index is 3250. The van der Waals surface area contributed by atoms with Crippen molar-refractivity contribution in [3.05, 3.63) is 243 Å². The number of hydrogen-bond acceptors (Lipinski definition) is 1. The van der Waals surface area contributed by atoms with Crippen LogP contribution in [-0.4, -0.2) is 4.57 Å². The molecule has 0 N–H and O–H groups in total. The quantitative estimate of drug-likeness (QED) is 0.150. The van der Waals surface area contributed by atoms with E-state index in [1.165, 1.54) is 71.5 Å². The van der Waals surface area contributed by atoms with E-state index in [4.69, 9.17) is 0 Å². The normalized spacial score (nSPS) is 11.3. The number of fused-ring (bicyclic) bond motifs is 4. The lowest BCUT2D eigenvalue weighted by Crippen LogP contribution is -2.10. The van der Waals surface area contributed by atoms with Crippen LogP contribution in [0.25, 0.3) is 82.8 Å². The maximum absolute atomic E-state index is 2.40. The molecule has 0 bridgehead atoms. The van der Waals surface area contributed by atoms with Gasteiger partial charge in [0.25, 0.3) is 0 Å². The molecule has 282 valence electrons. The molecule has 0 radical (unpaired) electrons. The number of para-hydroxylation sites is 1. The van der Waals surface area contributed by atoms with Gasteiger partial charge in [-0.15, -0.1) is 0 Å². The first-order chi connectivity index (χ1) is 29.7. The van der Waals surface area contributed by atoms with Gasteiger partial charge in [-0.2, -0.15) is 0 Å². The minimum atomic E-state index is 1.10. The van der Waals surface area contributed by atoms with E-state index in [0.29, 0.717) is 0 Å². The van der Waals surface area contributed by atoms with Gasteiger partial charge < -0.3 is 9.47 Å². The molecule has 0 unspecified atom stereocenters. The van der Waals surface area contributed by atoms with Gasteiger partial charge in [-0.25, -0.2) is 0 Å². The standard InChI is InChI=1S/C58H40N2/c1-3-12-41(13-4-1)43-22-24-44(25-23-43)46-28-34-52(35-29-46)59(51-32-26-45(27-33-51)42-14-5-2-6-15-42)54-19-11-18-48(38-54)47-30-36-53(37-31-47)60-57-21-10-9-20-55(57)56-39-49-16-7-8-17-50(49)40-58(56)60/h1-40H. The minimum Gasteiger partial charge on any atom is -0.310 e. The predicted molar refractivity (Wildman–Crippen MR) is 255 cm³/mol. The molecule has 1 aromatic heterocycles. The van der Waals surface area contributed by atoms with Crippen molar-refractivity contribution in [2.45, 2.75) is 0 Å². The van der Waals surface area contributed by atoms with Crippen LogP contribution >= 0.6 is 0 Å². The summed E-state index contributed by atoms with van der Waals surface area (Å²) in [7, 11) is 0. The summed E-state index contributed by atoms with van der Waals surface area (Å²) < 4.78 is 2.40. The second-order valence-electron chi connectivity index (χ2n) is 15.4. The highest BCUT2D eigenvalue weighted by molar-refractivity contribution is 6.13. The number of hydrogen-bond donors (Lipinski definition) is 0. The van der Waals surface area contributed by atoms with Gasteiger partial charge >= 0.3 is 0 Å². The zero-order valence-electron chi connectivity index (χ0n) is 33.0. The lowest BCUT2D eigenvalue weighted by atomic mass is 10.00. The average Bonchev–Trinajstić information content (AvgIpc) is 3.65.